The smallest absolute Gasteiger partial charge is 0.328 e. The molecule has 0 radical (unpaired) electrons. The molecule has 0 bridgehead atoms. The van der Waals surface area contributed by atoms with Crippen LogP contribution in [-0.4, -0.2) is 37.6 Å². The SMILES string of the molecule is Cc1cn(CC(=O)N(C)Cc2n[nH]c3c2CCCCC3)c(=O)[nH]c1=O. The van der Waals surface area contributed by atoms with E-state index in [-0.39, 0.29) is 12.5 Å². The monoisotopic (exact) mass is 345 g/mol. The second-order valence-corrected chi connectivity index (χ2v) is 6.64. The van der Waals surface area contributed by atoms with Crippen molar-refractivity contribution >= 4 is 5.91 Å². The molecule has 0 aromatic carbocycles. The molecule has 134 valence electrons. The highest BCUT2D eigenvalue weighted by molar-refractivity contribution is 5.75. The average Bonchev–Trinajstić information content (AvgIpc) is 2.80. The third kappa shape index (κ3) is 3.72. The summed E-state index contributed by atoms with van der Waals surface area (Å²) in [4.78, 5) is 39.5. The van der Waals surface area contributed by atoms with Crippen molar-refractivity contribution in [2.45, 2.75) is 52.1 Å². The Morgan fingerprint density at radius 2 is 2.04 bits per heavy atom. The molecule has 0 spiro atoms. The summed E-state index contributed by atoms with van der Waals surface area (Å²) in [5, 5.41) is 7.48. The van der Waals surface area contributed by atoms with Gasteiger partial charge in [-0.3, -0.25) is 24.2 Å². The number of aryl methyl sites for hydroxylation is 2. The molecule has 0 fully saturated rings. The van der Waals surface area contributed by atoms with E-state index in [1.807, 2.05) is 0 Å². The fourth-order valence-electron chi connectivity index (χ4n) is 3.17. The molecule has 0 saturated heterocycles. The van der Waals surface area contributed by atoms with Gasteiger partial charge >= 0.3 is 5.69 Å². The lowest BCUT2D eigenvalue weighted by atomic mass is 10.1. The minimum absolute atomic E-state index is 0.112. The molecule has 0 unspecified atom stereocenters. The molecule has 0 saturated carbocycles. The van der Waals surface area contributed by atoms with E-state index >= 15 is 0 Å². The maximum Gasteiger partial charge on any atom is 0.328 e. The fourth-order valence-corrected chi connectivity index (χ4v) is 3.17. The van der Waals surface area contributed by atoms with Gasteiger partial charge in [-0.2, -0.15) is 5.10 Å². The van der Waals surface area contributed by atoms with Crippen LogP contribution in [0.1, 0.15) is 41.8 Å². The van der Waals surface area contributed by atoms with Crippen molar-refractivity contribution in [1.82, 2.24) is 24.6 Å². The first-order valence-corrected chi connectivity index (χ1v) is 8.55. The van der Waals surface area contributed by atoms with Gasteiger partial charge in [-0.05, 0) is 38.2 Å². The van der Waals surface area contributed by atoms with Crippen LogP contribution in [0.15, 0.2) is 15.8 Å². The number of amides is 1. The first kappa shape index (κ1) is 17.2. The van der Waals surface area contributed by atoms with Crippen LogP contribution in [0.25, 0.3) is 0 Å². The molecule has 25 heavy (non-hydrogen) atoms. The van der Waals surface area contributed by atoms with E-state index in [2.05, 4.69) is 15.2 Å². The normalized spacial score (nSPS) is 14.0. The van der Waals surface area contributed by atoms with Gasteiger partial charge in [0.15, 0.2) is 0 Å². The van der Waals surface area contributed by atoms with E-state index in [4.69, 9.17) is 0 Å². The number of nitrogens with zero attached hydrogens (tertiary/aromatic N) is 3. The predicted molar refractivity (Wildman–Crippen MR) is 92.4 cm³/mol. The number of carbonyl (C=O) groups excluding carboxylic acids is 1. The van der Waals surface area contributed by atoms with E-state index in [9.17, 15) is 14.4 Å². The topological polar surface area (TPSA) is 104 Å². The molecule has 2 aromatic rings. The second-order valence-electron chi connectivity index (χ2n) is 6.64. The summed E-state index contributed by atoms with van der Waals surface area (Å²) in [7, 11) is 1.70. The molecule has 2 heterocycles. The van der Waals surface area contributed by atoms with Gasteiger partial charge in [0.2, 0.25) is 5.91 Å². The van der Waals surface area contributed by atoms with Gasteiger partial charge in [0, 0.05) is 24.5 Å². The number of carbonyl (C=O) groups is 1. The summed E-state index contributed by atoms with van der Waals surface area (Å²) in [6.45, 7) is 1.89. The number of aromatic amines is 2. The first-order chi connectivity index (χ1) is 12.0. The van der Waals surface area contributed by atoms with Crippen molar-refractivity contribution in [2.75, 3.05) is 7.05 Å². The zero-order chi connectivity index (χ0) is 18.0. The van der Waals surface area contributed by atoms with Crippen LogP contribution in [0.4, 0.5) is 0 Å². The maximum atomic E-state index is 12.5. The number of rotatable bonds is 4. The predicted octanol–water partition coefficient (Wildman–Crippen LogP) is 0.496. The molecule has 2 aromatic heterocycles. The summed E-state index contributed by atoms with van der Waals surface area (Å²) < 4.78 is 1.22. The number of nitrogens with one attached hydrogen (secondary N) is 2. The number of H-pyrrole nitrogens is 2. The van der Waals surface area contributed by atoms with Crippen LogP contribution < -0.4 is 11.2 Å². The lowest BCUT2D eigenvalue weighted by molar-refractivity contribution is -0.131. The standard InChI is InChI=1S/C17H23N5O3/c1-11-8-22(17(25)18-16(11)24)10-15(23)21(2)9-14-12-6-4-3-5-7-13(12)19-20-14/h8H,3-7,9-10H2,1-2H3,(H,19,20)(H,18,24,25). The largest absolute Gasteiger partial charge is 0.338 e. The number of aromatic nitrogens is 4. The van der Waals surface area contributed by atoms with E-state index in [0.717, 1.165) is 31.4 Å². The zero-order valence-corrected chi connectivity index (χ0v) is 14.6. The fraction of sp³-hybridized carbons (Fsp3) is 0.529. The van der Waals surface area contributed by atoms with Crippen LogP contribution in [0.2, 0.25) is 0 Å². The molecule has 8 heteroatoms. The number of fused-ring (bicyclic) bond motifs is 1. The lowest BCUT2D eigenvalue weighted by Crippen LogP contribution is -2.37. The summed E-state index contributed by atoms with van der Waals surface area (Å²) >= 11 is 0. The Hall–Kier alpha value is -2.64. The van der Waals surface area contributed by atoms with Crippen molar-refractivity contribution in [1.29, 1.82) is 0 Å². The molecule has 3 rings (SSSR count). The minimum Gasteiger partial charge on any atom is -0.338 e. The molecule has 1 aliphatic rings. The van der Waals surface area contributed by atoms with Crippen molar-refractivity contribution in [3.63, 3.8) is 0 Å². The van der Waals surface area contributed by atoms with Crippen molar-refractivity contribution < 1.29 is 4.79 Å². The molecular formula is C17H23N5O3. The number of likely N-dealkylation sites (N-methyl/N-ethyl adjacent to an activating group) is 1. The summed E-state index contributed by atoms with van der Waals surface area (Å²) in [6.07, 6.45) is 6.92. The van der Waals surface area contributed by atoms with Crippen LogP contribution in [0, 0.1) is 6.92 Å². The number of hydrogen-bond acceptors (Lipinski definition) is 4. The molecule has 8 nitrogen and oxygen atoms in total. The molecule has 2 N–H and O–H groups in total. The Kier molecular flexibility index (Phi) is 4.87. The Balaban J connectivity index is 1.72. The Labute approximate surface area is 144 Å². The van der Waals surface area contributed by atoms with E-state index < -0.39 is 11.2 Å². The lowest BCUT2D eigenvalue weighted by Gasteiger charge is -2.17. The van der Waals surface area contributed by atoms with Gasteiger partial charge < -0.3 is 4.90 Å². The molecular weight excluding hydrogens is 322 g/mol. The summed E-state index contributed by atoms with van der Waals surface area (Å²) in [5.74, 6) is -0.209. The summed E-state index contributed by atoms with van der Waals surface area (Å²) in [6, 6.07) is 0. The van der Waals surface area contributed by atoms with Crippen molar-refractivity contribution in [2.24, 2.45) is 0 Å². The minimum atomic E-state index is -0.578. The molecule has 0 aliphatic heterocycles. The van der Waals surface area contributed by atoms with Gasteiger partial charge in [-0.1, -0.05) is 6.42 Å². The number of hydrogen-bond donors (Lipinski definition) is 2. The van der Waals surface area contributed by atoms with Crippen LogP contribution in [0.5, 0.6) is 0 Å². The molecule has 1 amide bonds. The zero-order valence-electron chi connectivity index (χ0n) is 14.6. The third-order valence-electron chi connectivity index (χ3n) is 4.70. The first-order valence-electron chi connectivity index (χ1n) is 8.55. The third-order valence-corrected chi connectivity index (χ3v) is 4.70. The summed E-state index contributed by atoms with van der Waals surface area (Å²) in [5.41, 5.74) is 2.70. The molecule has 1 aliphatic carbocycles. The Morgan fingerprint density at radius 3 is 2.84 bits per heavy atom. The van der Waals surface area contributed by atoms with Gasteiger partial charge in [0.25, 0.3) is 5.56 Å². The average molecular weight is 345 g/mol. The second kappa shape index (κ2) is 7.08. The highest BCUT2D eigenvalue weighted by Gasteiger charge is 2.19. The van der Waals surface area contributed by atoms with Crippen molar-refractivity contribution in [3.8, 4) is 0 Å². The van der Waals surface area contributed by atoms with Gasteiger partial charge in [0.1, 0.15) is 6.54 Å². The van der Waals surface area contributed by atoms with Gasteiger partial charge in [-0.25, -0.2) is 4.79 Å². The van der Waals surface area contributed by atoms with Crippen LogP contribution >= 0.6 is 0 Å². The highest BCUT2D eigenvalue weighted by Crippen LogP contribution is 2.22. The van der Waals surface area contributed by atoms with Crippen LogP contribution in [-0.2, 0) is 30.7 Å². The Bertz CT molecular complexity index is 892. The quantitative estimate of drug-likeness (QED) is 0.787. The maximum absolute atomic E-state index is 12.5. The van der Waals surface area contributed by atoms with Gasteiger partial charge in [0.05, 0.1) is 12.2 Å². The highest BCUT2D eigenvalue weighted by atomic mass is 16.2. The molecule has 0 atom stereocenters. The Morgan fingerprint density at radius 1 is 1.28 bits per heavy atom. The van der Waals surface area contributed by atoms with Gasteiger partial charge in [-0.15, -0.1) is 0 Å². The van der Waals surface area contributed by atoms with E-state index in [1.165, 1.54) is 28.4 Å². The van der Waals surface area contributed by atoms with E-state index in [0.29, 0.717) is 12.1 Å². The van der Waals surface area contributed by atoms with E-state index in [1.54, 1.807) is 18.9 Å². The van der Waals surface area contributed by atoms with Crippen LogP contribution in [0.3, 0.4) is 0 Å². The van der Waals surface area contributed by atoms with Crippen molar-refractivity contribution in [3.05, 3.63) is 49.5 Å².